The van der Waals surface area contributed by atoms with Crippen LogP contribution in [0.3, 0.4) is 0 Å². The first-order chi connectivity index (χ1) is 13.5. The Balaban J connectivity index is 1.80. The van der Waals surface area contributed by atoms with Crippen LogP contribution in [0.2, 0.25) is 0 Å². The zero-order valence-corrected chi connectivity index (χ0v) is 16.1. The van der Waals surface area contributed by atoms with Gasteiger partial charge in [-0.3, -0.25) is 14.3 Å². The molecule has 0 bridgehead atoms. The van der Waals surface area contributed by atoms with E-state index in [2.05, 4.69) is 22.8 Å². The first-order valence-electron chi connectivity index (χ1n) is 9.23. The lowest BCUT2D eigenvalue weighted by Gasteiger charge is -2.12. The largest absolute Gasteiger partial charge is 0.350 e. The molecule has 6 heteroatoms. The van der Waals surface area contributed by atoms with Crippen molar-refractivity contribution < 1.29 is 9.59 Å². The van der Waals surface area contributed by atoms with E-state index in [1.165, 1.54) is 6.92 Å². The van der Waals surface area contributed by atoms with E-state index < -0.39 is 6.04 Å². The van der Waals surface area contributed by atoms with Crippen LogP contribution in [0.4, 0.5) is 0 Å². The molecule has 1 aromatic heterocycles. The Morgan fingerprint density at radius 2 is 1.68 bits per heavy atom. The highest BCUT2D eigenvalue weighted by atomic mass is 16.2. The third kappa shape index (κ3) is 5.07. The summed E-state index contributed by atoms with van der Waals surface area (Å²) in [6.07, 6.45) is 1.96. The topological polar surface area (TPSA) is 76.0 Å². The second-order valence-electron chi connectivity index (χ2n) is 6.69. The first-order valence-corrected chi connectivity index (χ1v) is 9.23. The fourth-order valence-electron chi connectivity index (χ4n) is 2.99. The van der Waals surface area contributed by atoms with Crippen LogP contribution >= 0.6 is 0 Å². The van der Waals surface area contributed by atoms with Gasteiger partial charge in [0.1, 0.15) is 6.04 Å². The minimum atomic E-state index is -0.586. The van der Waals surface area contributed by atoms with Crippen molar-refractivity contribution in [3.8, 4) is 11.3 Å². The number of hydrogen-bond acceptors (Lipinski definition) is 3. The predicted octanol–water partition coefficient (Wildman–Crippen LogP) is 2.74. The Morgan fingerprint density at radius 3 is 2.32 bits per heavy atom. The van der Waals surface area contributed by atoms with Crippen molar-refractivity contribution >= 4 is 11.8 Å². The van der Waals surface area contributed by atoms with Crippen LogP contribution in [0.5, 0.6) is 0 Å². The fourth-order valence-corrected chi connectivity index (χ4v) is 2.99. The summed E-state index contributed by atoms with van der Waals surface area (Å²) in [5.74, 6) is -0.465. The highest BCUT2D eigenvalue weighted by Gasteiger charge is 2.16. The van der Waals surface area contributed by atoms with Gasteiger partial charge >= 0.3 is 0 Å². The van der Waals surface area contributed by atoms with E-state index in [1.807, 2.05) is 59.4 Å². The van der Waals surface area contributed by atoms with E-state index in [0.29, 0.717) is 13.1 Å². The van der Waals surface area contributed by atoms with Gasteiger partial charge < -0.3 is 10.6 Å². The molecule has 144 valence electrons. The summed E-state index contributed by atoms with van der Waals surface area (Å²) in [5.41, 5.74) is 3.91. The molecule has 2 aromatic carbocycles. The van der Waals surface area contributed by atoms with Crippen molar-refractivity contribution in [2.24, 2.45) is 0 Å². The molecule has 3 aromatic rings. The molecule has 2 N–H and O–H groups in total. The van der Waals surface area contributed by atoms with Crippen LogP contribution in [-0.4, -0.2) is 27.6 Å². The van der Waals surface area contributed by atoms with Crippen molar-refractivity contribution in [1.82, 2.24) is 20.4 Å². The van der Waals surface area contributed by atoms with Crippen molar-refractivity contribution in [2.45, 2.75) is 33.0 Å². The van der Waals surface area contributed by atoms with E-state index in [0.717, 1.165) is 22.4 Å². The number of carbonyl (C=O) groups is 2. The van der Waals surface area contributed by atoms with Crippen molar-refractivity contribution in [3.63, 3.8) is 0 Å². The monoisotopic (exact) mass is 376 g/mol. The van der Waals surface area contributed by atoms with Gasteiger partial charge in [-0.05, 0) is 12.5 Å². The minimum Gasteiger partial charge on any atom is -0.350 e. The molecule has 2 amide bonds. The van der Waals surface area contributed by atoms with Gasteiger partial charge in [-0.15, -0.1) is 0 Å². The van der Waals surface area contributed by atoms with Gasteiger partial charge in [0.2, 0.25) is 11.8 Å². The summed E-state index contributed by atoms with van der Waals surface area (Å²) in [4.78, 5) is 23.4. The fraction of sp³-hybridized carbons (Fsp3) is 0.227. The van der Waals surface area contributed by atoms with Crippen molar-refractivity contribution in [1.29, 1.82) is 0 Å². The second kappa shape index (κ2) is 8.99. The van der Waals surface area contributed by atoms with Gasteiger partial charge in [0.15, 0.2) is 0 Å². The molecule has 0 radical (unpaired) electrons. The Bertz CT molecular complexity index is 936. The number of benzene rings is 2. The lowest BCUT2D eigenvalue weighted by Crippen LogP contribution is -2.43. The SMILES string of the molecule is CC(=O)N[C@H](C)C(=O)NCc1cn(Cc2ccccc2)nc1-c1ccccc1. The van der Waals surface area contributed by atoms with Crippen LogP contribution in [0.25, 0.3) is 11.3 Å². The Labute approximate surface area is 164 Å². The third-order valence-electron chi connectivity index (χ3n) is 4.34. The van der Waals surface area contributed by atoms with Gasteiger partial charge in [-0.1, -0.05) is 60.7 Å². The van der Waals surface area contributed by atoms with Gasteiger partial charge in [-0.2, -0.15) is 5.10 Å². The summed E-state index contributed by atoms with van der Waals surface area (Å²) < 4.78 is 1.89. The first kappa shape index (κ1) is 19.4. The number of nitrogens with zero attached hydrogens (tertiary/aromatic N) is 2. The van der Waals surface area contributed by atoms with Crippen molar-refractivity contribution in [2.75, 3.05) is 0 Å². The van der Waals surface area contributed by atoms with E-state index in [4.69, 9.17) is 5.10 Å². The van der Waals surface area contributed by atoms with E-state index in [9.17, 15) is 9.59 Å². The minimum absolute atomic E-state index is 0.231. The third-order valence-corrected chi connectivity index (χ3v) is 4.34. The molecule has 0 saturated carbocycles. The number of carbonyl (C=O) groups excluding carboxylic acids is 2. The van der Waals surface area contributed by atoms with Crippen LogP contribution in [0.1, 0.15) is 25.0 Å². The summed E-state index contributed by atoms with van der Waals surface area (Å²) >= 11 is 0. The maximum Gasteiger partial charge on any atom is 0.242 e. The average molecular weight is 376 g/mol. The molecule has 1 heterocycles. The summed E-state index contributed by atoms with van der Waals surface area (Å²) in [5, 5.41) is 10.2. The van der Waals surface area contributed by atoms with E-state index >= 15 is 0 Å². The Hall–Kier alpha value is -3.41. The van der Waals surface area contributed by atoms with Crippen LogP contribution in [0.15, 0.2) is 66.9 Å². The highest BCUT2D eigenvalue weighted by Crippen LogP contribution is 2.22. The number of amides is 2. The smallest absolute Gasteiger partial charge is 0.242 e. The van der Waals surface area contributed by atoms with Gasteiger partial charge in [0, 0.05) is 30.8 Å². The lowest BCUT2D eigenvalue weighted by atomic mass is 10.1. The molecule has 0 aliphatic carbocycles. The Kier molecular flexibility index (Phi) is 6.22. The maximum atomic E-state index is 12.2. The number of aromatic nitrogens is 2. The van der Waals surface area contributed by atoms with E-state index in [-0.39, 0.29) is 11.8 Å². The zero-order valence-electron chi connectivity index (χ0n) is 16.1. The molecule has 0 unspecified atom stereocenters. The zero-order chi connectivity index (χ0) is 19.9. The molecule has 0 saturated heterocycles. The van der Waals surface area contributed by atoms with Gasteiger partial charge in [0.25, 0.3) is 0 Å². The van der Waals surface area contributed by atoms with Crippen molar-refractivity contribution in [3.05, 3.63) is 78.0 Å². The molecule has 0 aliphatic rings. The van der Waals surface area contributed by atoms with Crippen LogP contribution in [0, 0.1) is 0 Å². The Morgan fingerprint density at radius 1 is 1.04 bits per heavy atom. The quantitative estimate of drug-likeness (QED) is 0.666. The van der Waals surface area contributed by atoms with Crippen LogP contribution in [-0.2, 0) is 22.7 Å². The van der Waals surface area contributed by atoms with Gasteiger partial charge in [0.05, 0.1) is 12.2 Å². The predicted molar refractivity (Wildman–Crippen MR) is 108 cm³/mol. The molecule has 1 atom stereocenters. The molecule has 0 fully saturated rings. The number of rotatable bonds is 7. The molecule has 3 rings (SSSR count). The molecule has 6 nitrogen and oxygen atoms in total. The summed E-state index contributed by atoms with van der Waals surface area (Å²) in [6.45, 7) is 4.04. The summed E-state index contributed by atoms with van der Waals surface area (Å²) in [7, 11) is 0. The molecular formula is C22H24N4O2. The average Bonchev–Trinajstić information content (AvgIpc) is 3.09. The highest BCUT2D eigenvalue weighted by molar-refractivity contribution is 5.86. The molecule has 0 aliphatic heterocycles. The van der Waals surface area contributed by atoms with Crippen LogP contribution < -0.4 is 10.6 Å². The number of nitrogens with one attached hydrogen (secondary N) is 2. The normalized spacial score (nSPS) is 11.6. The summed E-state index contributed by atoms with van der Waals surface area (Å²) in [6, 6.07) is 19.4. The molecular weight excluding hydrogens is 352 g/mol. The lowest BCUT2D eigenvalue weighted by molar-refractivity contribution is -0.127. The second-order valence-corrected chi connectivity index (χ2v) is 6.69. The maximum absolute atomic E-state index is 12.2. The number of hydrogen-bond donors (Lipinski definition) is 2. The van der Waals surface area contributed by atoms with Gasteiger partial charge in [-0.25, -0.2) is 0 Å². The molecule has 0 spiro atoms. The van der Waals surface area contributed by atoms with E-state index in [1.54, 1.807) is 6.92 Å². The standard InChI is InChI=1S/C22H24N4O2/c1-16(24-17(2)27)22(28)23-13-20-15-26(14-18-9-5-3-6-10-18)25-21(20)19-11-7-4-8-12-19/h3-12,15-16H,13-14H2,1-2H3,(H,23,28)(H,24,27)/t16-/m1/s1. The molecule has 28 heavy (non-hydrogen) atoms.